The molecule has 0 spiro atoms. The maximum absolute atomic E-state index is 13.9. The Morgan fingerprint density at radius 3 is 2.40 bits per heavy atom. The van der Waals surface area contributed by atoms with E-state index in [1.165, 1.54) is 0 Å². The number of benzene rings is 2. The Kier molecular flexibility index (Phi) is 14.7. The molecule has 3 N–H and O–H groups in total. The van der Waals surface area contributed by atoms with E-state index in [1.54, 1.807) is 29.8 Å². The third-order valence-corrected chi connectivity index (χ3v) is 12.4. The van der Waals surface area contributed by atoms with Crippen LogP contribution in [0.1, 0.15) is 102 Å². The number of pyridine rings is 1. The predicted molar refractivity (Wildman–Crippen MR) is 216 cm³/mol. The zero-order valence-electron chi connectivity index (χ0n) is 32.1. The Hall–Kier alpha value is -4.32. The molecule has 2 saturated heterocycles. The molecule has 1 aliphatic carbocycles. The number of unbranched alkanes of at least 4 members (excludes halogenated alkanes) is 2. The van der Waals surface area contributed by atoms with E-state index in [2.05, 4.69) is 15.6 Å². The topological polar surface area (TPSA) is 147 Å². The average Bonchev–Trinajstić information content (AvgIpc) is 3.90. The Morgan fingerprint density at radius 1 is 0.873 bits per heavy atom. The molecule has 1 aromatic heterocycles. The predicted octanol–water partition coefficient (Wildman–Crippen LogP) is 7.09. The molecular weight excluding hydrogens is 717 g/mol. The van der Waals surface area contributed by atoms with Gasteiger partial charge in [0.15, 0.2) is 11.2 Å². The van der Waals surface area contributed by atoms with Crippen molar-refractivity contribution < 1.29 is 28.7 Å². The number of carbonyl (C=O) groups is 4. The maximum Gasteiger partial charge on any atom is 0.407 e. The number of H-pyrrole nitrogens is 1. The number of thioether (sulfide) groups is 1. The minimum Gasteiger partial charge on any atom is -0.496 e. The molecule has 2 aromatic carbocycles. The van der Waals surface area contributed by atoms with Gasteiger partial charge in [-0.1, -0.05) is 68.9 Å². The Morgan fingerprint density at radius 2 is 1.64 bits per heavy atom. The van der Waals surface area contributed by atoms with Gasteiger partial charge in [0, 0.05) is 35.0 Å². The fourth-order valence-corrected chi connectivity index (χ4v) is 8.78. The van der Waals surface area contributed by atoms with Crippen LogP contribution in [0.25, 0.3) is 22.2 Å². The largest absolute Gasteiger partial charge is 0.496 e. The lowest BCUT2D eigenvalue weighted by Gasteiger charge is -2.29. The molecule has 3 atom stereocenters. The first-order chi connectivity index (χ1) is 26.8. The van der Waals surface area contributed by atoms with Crippen LogP contribution in [0.4, 0.5) is 4.79 Å². The van der Waals surface area contributed by atoms with Crippen LogP contribution >= 0.6 is 11.8 Å². The van der Waals surface area contributed by atoms with E-state index in [9.17, 15) is 24.0 Å². The molecular formula is C43H56N4O7S. The summed E-state index contributed by atoms with van der Waals surface area (Å²) in [4.78, 5) is 71.7. The van der Waals surface area contributed by atoms with E-state index in [0.29, 0.717) is 67.2 Å². The Bertz CT molecular complexity index is 1850. The third-order valence-electron chi connectivity index (χ3n) is 11.0. The number of carbonyl (C=O) groups excluding carboxylic acids is 4. The van der Waals surface area contributed by atoms with Crippen LogP contribution < -0.4 is 20.8 Å². The second kappa shape index (κ2) is 20.0. The van der Waals surface area contributed by atoms with Crippen molar-refractivity contribution >= 4 is 46.4 Å². The van der Waals surface area contributed by atoms with Crippen molar-refractivity contribution in [3.63, 3.8) is 0 Å². The van der Waals surface area contributed by atoms with E-state index in [-0.39, 0.29) is 29.6 Å². The lowest BCUT2D eigenvalue weighted by Crippen LogP contribution is -2.55. The quantitative estimate of drug-likeness (QED) is 0.156. The van der Waals surface area contributed by atoms with Crippen LogP contribution in [0.15, 0.2) is 53.3 Å². The van der Waals surface area contributed by atoms with Crippen molar-refractivity contribution in [2.75, 3.05) is 26.0 Å². The molecule has 12 heteroatoms. The summed E-state index contributed by atoms with van der Waals surface area (Å²) in [6, 6.07) is 13.2. The lowest BCUT2D eigenvalue weighted by atomic mass is 10.0. The smallest absolute Gasteiger partial charge is 0.407 e. The molecule has 296 valence electrons. The molecule has 3 fully saturated rings. The van der Waals surface area contributed by atoms with E-state index in [0.717, 1.165) is 86.5 Å². The number of ketones is 1. The summed E-state index contributed by atoms with van der Waals surface area (Å²) in [6.07, 6.45) is 12.5. The molecule has 2 aliphatic heterocycles. The molecule has 3 amide bonds. The first-order valence-electron chi connectivity index (χ1n) is 20.3. The van der Waals surface area contributed by atoms with Gasteiger partial charge >= 0.3 is 6.09 Å². The molecule has 1 saturated carbocycles. The number of aromatic nitrogens is 1. The second-order valence-corrected chi connectivity index (χ2v) is 16.5. The van der Waals surface area contributed by atoms with Gasteiger partial charge in [-0.05, 0) is 81.4 Å². The number of aromatic amines is 1. The molecule has 3 aromatic rings. The summed E-state index contributed by atoms with van der Waals surface area (Å²) < 4.78 is 11.2. The number of hydrogen-bond acceptors (Lipinski definition) is 8. The molecule has 11 nitrogen and oxygen atoms in total. The highest BCUT2D eigenvalue weighted by atomic mass is 32.2. The second-order valence-electron chi connectivity index (χ2n) is 15.2. The van der Waals surface area contributed by atoms with Gasteiger partial charge in [-0.25, -0.2) is 4.79 Å². The summed E-state index contributed by atoms with van der Waals surface area (Å²) in [5.41, 5.74) is 3.29. The summed E-state index contributed by atoms with van der Waals surface area (Å²) in [5, 5.41) is 7.03. The highest BCUT2D eigenvalue weighted by Crippen LogP contribution is 2.34. The standard InChI is InChI=1S/C43H56N4O7S/c1-53-40-27-36-32(38(48)26-35(44-36)29-15-8-6-9-16-29)25-30(40)17-10-7-13-24-54-43(52)46-34-19-12-5-3-2-4-11-18-33(39(49)28-55-31-21-22-31)45-41(50)37-20-14-23-47(37)42(34)51/h6,8-9,15-16,25-27,31,33-34,37H,2-5,7,10-14,17-24,28H2,1H3,(H,44,48)(H,45,50)(H,46,52)/t33?,34-,37-/m0/s1. The number of hydrogen-bond donors (Lipinski definition) is 3. The minimum atomic E-state index is -0.786. The summed E-state index contributed by atoms with van der Waals surface area (Å²) >= 11 is 1.69. The van der Waals surface area contributed by atoms with E-state index < -0.39 is 24.2 Å². The fourth-order valence-electron chi connectivity index (χ4n) is 7.71. The number of fused-ring (bicyclic) bond motifs is 2. The fraction of sp³-hybridized carbons (Fsp3) is 0.558. The summed E-state index contributed by atoms with van der Waals surface area (Å²) in [7, 11) is 1.63. The number of aryl methyl sites for hydroxylation is 1. The molecule has 1 unspecified atom stereocenters. The Balaban J connectivity index is 0.994. The summed E-state index contributed by atoms with van der Waals surface area (Å²) in [6.45, 7) is 0.637. The van der Waals surface area contributed by atoms with E-state index in [4.69, 9.17) is 9.47 Å². The first-order valence-corrected chi connectivity index (χ1v) is 21.3. The van der Waals surface area contributed by atoms with Gasteiger partial charge in [-0.2, -0.15) is 11.8 Å². The molecule has 3 heterocycles. The number of methoxy groups -OCH3 is 1. The number of nitrogens with one attached hydrogen (secondary N) is 3. The van der Waals surface area contributed by atoms with Gasteiger partial charge in [0.25, 0.3) is 0 Å². The van der Waals surface area contributed by atoms with Crippen molar-refractivity contribution in [1.82, 2.24) is 20.5 Å². The number of ether oxygens (including phenoxy) is 2. The number of Topliss-reactive ketones (excluding diaryl/α,β-unsaturated/α-hetero) is 1. The molecule has 3 aliphatic rings. The highest BCUT2D eigenvalue weighted by Gasteiger charge is 2.39. The third kappa shape index (κ3) is 11.4. The van der Waals surface area contributed by atoms with Crippen molar-refractivity contribution in [3.05, 3.63) is 64.3 Å². The minimum absolute atomic E-state index is 0.0559. The van der Waals surface area contributed by atoms with Crippen molar-refractivity contribution in [3.8, 4) is 17.0 Å². The molecule has 0 bridgehead atoms. The van der Waals surface area contributed by atoms with Crippen molar-refractivity contribution in [2.45, 2.75) is 126 Å². The average molecular weight is 773 g/mol. The zero-order valence-corrected chi connectivity index (χ0v) is 32.9. The zero-order chi connectivity index (χ0) is 38.6. The number of nitrogens with zero attached hydrogens (tertiary/aromatic N) is 1. The number of rotatable bonds is 13. The highest BCUT2D eigenvalue weighted by molar-refractivity contribution is 8.00. The molecule has 6 rings (SSSR count). The van der Waals surface area contributed by atoms with Crippen LogP contribution in [-0.2, 0) is 25.5 Å². The van der Waals surface area contributed by atoms with Gasteiger partial charge in [0.2, 0.25) is 11.8 Å². The van der Waals surface area contributed by atoms with Crippen LogP contribution in [0.5, 0.6) is 5.75 Å². The van der Waals surface area contributed by atoms with Crippen LogP contribution in [-0.4, -0.2) is 83.0 Å². The SMILES string of the molecule is COc1cc2[nH]c(-c3ccccc3)cc(=O)c2cc1CCCCCOC(=O)N[C@H]1CCCCCCCCC(C(=O)CSC2CC2)NC(=O)[C@@H]2CCCN2C1=O. The monoisotopic (exact) mass is 772 g/mol. The normalized spacial score (nSPS) is 21.3. The molecule has 0 radical (unpaired) electrons. The maximum atomic E-state index is 13.9. The Labute approximate surface area is 328 Å². The van der Waals surface area contributed by atoms with E-state index >= 15 is 0 Å². The first kappa shape index (κ1) is 40.3. The van der Waals surface area contributed by atoms with Crippen LogP contribution in [0.3, 0.4) is 0 Å². The van der Waals surface area contributed by atoms with Crippen molar-refractivity contribution in [1.29, 1.82) is 0 Å². The van der Waals surface area contributed by atoms with Gasteiger partial charge < -0.3 is 30.0 Å². The molecule has 55 heavy (non-hydrogen) atoms. The van der Waals surface area contributed by atoms with Gasteiger partial charge in [-0.3, -0.25) is 19.2 Å². The van der Waals surface area contributed by atoms with Crippen LogP contribution in [0.2, 0.25) is 0 Å². The lowest BCUT2D eigenvalue weighted by molar-refractivity contribution is -0.140. The van der Waals surface area contributed by atoms with Gasteiger partial charge in [-0.15, -0.1) is 0 Å². The number of alkyl carbamates (subject to hydrolysis) is 1. The number of amides is 3. The van der Waals surface area contributed by atoms with Crippen molar-refractivity contribution in [2.24, 2.45) is 0 Å². The van der Waals surface area contributed by atoms with Crippen LogP contribution in [0, 0.1) is 0 Å². The summed E-state index contributed by atoms with van der Waals surface area (Å²) in [5.74, 6) is 0.643. The van der Waals surface area contributed by atoms with E-state index in [1.807, 2.05) is 42.5 Å². The van der Waals surface area contributed by atoms with Gasteiger partial charge in [0.05, 0.1) is 31.0 Å². The van der Waals surface area contributed by atoms with Gasteiger partial charge in [0.1, 0.15) is 17.8 Å².